The molecular formula is C34H65ClO4. The Hall–Kier alpha value is -0.770. The van der Waals surface area contributed by atoms with E-state index in [9.17, 15) is 9.59 Å². The third-order valence-corrected chi connectivity index (χ3v) is 7.53. The van der Waals surface area contributed by atoms with Crippen molar-refractivity contribution < 1.29 is 19.1 Å². The van der Waals surface area contributed by atoms with E-state index < -0.39 is 5.56 Å². The monoisotopic (exact) mass is 572 g/mol. The zero-order valence-corrected chi connectivity index (χ0v) is 27.2. The summed E-state index contributed by atoms with van der Waals surface area (Å²) in [6.45, 7) is 8.00. The van der Waals surface area contributed by atoms with Gasteiger partial charge in [0.1, 0.15) is 5.60 Å². The molecule has 0 aliphatic rings. The predicted octanol–water partition coefficient (Wildman–Crippen LogP) is 11.6. The summed E-state index contributed by atoms with van der Waals surface area (Å²) in [5.41, 5.74) is -0.813. The number of hydrogen-bond donors (Lipinski definition) is 0. The molecule has 0 aromatic carbocycles. The number of halogens is 1. The number of rotatable bonds is 28. The second-order valence-corrected chi connectivity index (χ2v) is 13.0. The van der Waals surface area contributed by atoms with Crippen molar-refractivity contribution in [2.45, 2.75) is 206 Å². The molecule has 1 unspecified atom stereocenters. The first kappa shape index (κ1) is 38.2. The van der Waals surface area contributed by atoms with E-state index in [0.29, 0.717) is 12.8 Å². The fourth-order valence-electron chi connectivity index (χ4n) is 4.93. The molecule has 0 aromatic rings. The van der Waals surface area contributed by atoms with E-state index in [1.54, 1.807) is 0 Å². The van der Waals surface area contributed by atoms with Crippen LogP contribution in [0.4, 0.5) is 0 Å². The highest BCUT2D eigenvalue weighted by Crippen LogP contribution is 2.17. The topological polar surface area (TPSA) is 52.6 Å². The number of carbonyl (C=O) groups is 2. The van der Waals surface area contributed by atoms with E-state index in [0.717, 1.165) is 38.5 Å². The Morgan fingerprint density at radius 1 is 0.538 bits per heavy atom. The van der Waals surface area contributed by atoms with Gasteiger partial charge in [0.25, 0.3) is 0 Å². The van der Waals surface area contributed by atoms with Gasteiger partial charge >= 0.3 is 11.9 Å². The number of unbranched alkanes of at least 4 members (excludes halogenated alkanes) is 21. The number of alkyl halides is 1. The predicted molar refractivity (Wildman–Crippen MR) is 167 cm³/mol. The van der Waals surface area contributed by atoms with Crippen LogP contribution < -0.4 is 0 Å². The van der Waals surface area contributed by atoms with Crippen LogP contribution in [0, 0.1) is 0 Å². The number of ether oxygens (including phenoxy) is 2. The second-order valence-electron chi connectivity index (χ2n) is 12.6. The van der Waals surface area contributed by atoms with Crippen LogP contribution in [0.5, 0.6) is 0 Å². The Kier molecular flexibility index (Phi) is 26.9. The highest BCUT2D eigenvalue weighted by atomic mass is 35.5. The first-order chi connectivity index (χ1) is 18.7. The Morgan fingerprint density at radius 3 is 1.26 bits per heavy atom. The lowest BCUT2D eigenvalue weighted by molar-refractivity contribution is -0.155. The molecule has 0 radical (unpaired) electrons. The van der Waals surface area contributed by atoms with Crippen LogP contribution in [0.25, 0.3) is 0 Å². The molecule has 0 aliphatic heterocycles. The summed E-state index contributed by atoms with van der Waals surface area (Å²) in [7, 11) is 0. The maximum absolute atomic E-state index is 12.0. The minimum atomic E-state index is -0.449. The van der Waals surface area contributed by atoms with Crippen LogP contribution in [0.2, 0.25) is 0 Å². The minimum Gasteiger partial charge on any atom is -0.460 e. The fraction of sp³-hybridized carbons (Fsp3) is 0.941. The number of hydrogen-bond acceptors (Lipinski definition) is 4. The Balaban J connectivity index is 3.29. The average molecular weight is 573 g/mol. The van der Waals surface area contributed by atoms with Crippen LogP contribution in [-0.2, 0) is 19.1 Å². The summed E-state index contributed by atoms with van der Waals surface area (Å²) in [6, 6.07) is 0. The van der Waals surface area contributed by atoms with Gasteiger partial charge in [0.05, 0.1) is 0 Å². The minimum absolute atomic E-state index is 0.0608. The van der Waals surface area contributed by atoms with E-state index in [1.807, 2.05) is 20.8 Å². The molecular weight excluding hydrogens is 508 g/mol. The highest BCUT2D eigenvalue weighted by molar-refractivity contribution is 6.20. The van der Waals surface area contributed by atoms with Crippen molar-refractivity contribution in [2.24, 2.45) is 0 Å². The first-order valence-corrected chi connectivity index (χ1v) is 17.2. The van der Waals surface area contributed by atoms with Crippen molar-refractivity contribution in [2.75, 3.05) is 0 Å². The van der Waals surface area contributed by atoms with E-state index in [2.05, 4.69) is 6.92 Å². The molecule has 0 fully saturated rings. The summed E-state index contributed by atoms with van der Waals surface area (Å²) in [5.74, 6) is -0.189. The van der Waals surface area contributed by atoms with Gasteiger partial charge in [0.2, 0.25) is 0 Å². The van der Waals surface area contributed by atoms with Gasteiger partial charge in [0, 0.05) is 12.8 Å². The molecule has 0 aromatic heterocycles. The van der Waals surface area contributed by atoms with E-state index in [4.69, 9.17) is 21.1 Å². The summed E-state index contributed by atoms with van der Waals surface area (Å²) in [6.07, 6.45) is 30.5. The lowest BCUT2D eigenvalue weighted by Crippen LogP contribution is -2.23. The largest absolute Gasteiger partial charge is 0.460 e. The van der Waals surface area contributed by atoms with Gasteiger partial charge in [-0.1, -0.05) is 147 Å². The zero-order chi connectivity index (χ0) is 29.0. The summed E-state index contributed by atoms with van der Waals surface area (Å²) < 4.78 is 10.7. The Labute approximate surface area is 248 Å². The van der Waals surface area contributed by atoms with Gasteiger partial charge in [-0.15, -0.1) is 0 Å². The molecule has 39 heavy (non-hydrogen) atoms. The summed E-state index contributed by atoms with van der Waals surface area (Å²) in [4.78, 5) is 23.6. The molecule has 0 N–H and O–H groups in total. The van der Waals surface area contributed by atoms with Gasteiger partial charge in [0.15, 0.2) is 5.56 Å². The van der Waals surface area contributed by atoms with Crippen molar-refractivity contribution in [1.29, 1.82) is 0 Å². The molecule has 0 spiro atoms. The summed E-state index contributed by atoms with van der Waals surface area (Å²) in [5, 5.41) is 0. The third kappa shape index (κ3) is 31.6. The van der Waals surface area contributed by atoms with Crippen molar-refractivity contribution in [3.05, 3.63) is 0 Å². The lowest BCUT2D eigenvalue weighted by atomic mass is 10.0. The van der Waals surface area contributed by atoms with Gasteiger partial charge in [-0.05, 0) is 46.5 Å². The average Bonchev–Trinajstić information content (AvgIpc) is 2.86. The molecule has 0 heterocycles. The maximum Gasteiger partial charge on any atom is 0.307 e. The normalized spacial score (nSPS) is 12.4. The Morgan fingerprint density at radius 2 is 0.872 bits per heavy atom. The van der Waals surface area contributed by atoms with Gasteiger partial charge in [-0.25, -0.2) is 0 Å². The number of carbonyl (C=O) groups excluding carboxylic acids is 2. The smallest absolute Gasteiger partial charge is 0.307 e. The molecule has 0 amide bonds. The number of esters is 2. The molecule has 5 heteroatoms. The molecule has 4 nitrogen and oxygen atoms in total. The highest BCUT2D eigenvalue weighted by Gasteiger charge is 2.15. The Bertz CT molecular complexity index is 558. The molecule has 0 saturated heterocycles. The van der Waals surface area contributed by atoms with E-state index >= 15 is 0 Å². The molecule has 0 aliphatic carbocycles. The van der Waals surface area contributed by atoms with Crippen LogP contribution in [0.1, 0.15) is 195 Å². The van der Waals surface area contributed by atoms with Crippen molar-refractivity contribution in [3.8, 4) is 0 Å². The van der Waals surface area contributed by atoms with Gasteiger partial charge in [-0.2, -0.15) is 0 Å². The summed E-state index contributed by atoms with van der Waals surface area (Å²) >= 11 is 6.19. The standard InChI is InChI=1S/C34H65ClO4/c1-5-6-7-8-19-22-25-28-31(35)38-32(36)29-26-23-20-17-15-13-11-9-10-12-14-16-18-21-24-27-30-33(37)39-34(2,3)4/h31H,5-30H2,1-4H3. The van der Waals surface area contributed by atoms with Crippen LogP contribution in [0.3, 0.4) is 0 Å². The fourth-order valence-corrected chi connectivity index (χ4v) is 5.18. The molecule has 0 rings (SSSR count). The van der Waals surface area contributed by atoms with Crippen molar-refractivity contribution >= 4 is 23.5 Å². The van der Waals surface area contributed by atoms with Gasteiger partial charge < -0.3 is 9.47 Å². The van der Waals surface area contributed by atoms with Crippen LogP contribution in [-0.4, -0.2) is 23.1 Å². The van der Waals surface area contributed by atoms with E-state index in [-0.39, 0.29) is 17.5 Å². The first-order valence-electron chi connectivity index (χ1n) is 16.8. The quantitative estimate of drug-likeness (QED) is 0.0531. The van der Waals surface area contributed by atoms with Crippen molar-refractivity contribution in [3.63, 3.8) is 0 Å². The van der Waals surface area contributed by atoms with Crippen LogP contribution >= 0.6 is 11.6 Å². The molecule has 232 valence electrons. The second kappa shape index (κ2) is 27.4. The zero-order valence-electron chi connectivity index (χ0n) is 26.5. The van der Waals surface area contributed by atoms with E-state index in [1.165, 1.54) is 116 Å². The molecule has 0 saturated carbocycles. The van der Waals surface area contributed by atoms with Crippen LogP contribution in [0.15, 0.2) is 0 Å². The lowest BCUT2D eigenvalue weighted by Gasteiger charge is -2.19. The van der Waals surface area contributed by atoms with Gasteiger partial charge in [-0.3, -0.25) is 9.59 Å². The molecule has 0 bridgehead atoms. The molecule has 1 atom stereocenters. The SMILES string of the molecule is CCCCCCCCCC(Cl)OC(=O)CCCCCCCCCCCCCCCCCCC(=O)OC(C)(C)C. The maximum atomic E-state index is 12.0. The van der Waals surface area contributed by atoms with Crippen molar-refractivity contribution in [1.82, 2.24) is 0 Å². The third-order valence-electron chi connectivity index (χ3n) is 7.23.